The minimum Gasteiger partial charge on any atom is -0.494 e. The van der Waals surface area contributed by atoms with Crippen molar-refractivity contribution in [3.63, 3.8) is 0 Å². The highest BCUT2D eigenvalue weighted by Crippen LogP contribution is 2.14. The Kier molecular flexibility index (Phi) is 4.87. The molecule has 0 atom stereocenters. The first-order valence-electron chi connectivity index (χ1n) is 6.70. The van der Waals surface area contributed by atoms with E-state index in [1.54, 1.807) is 7.05 Å². The number of nitrogens with zero attached hydrogens (tertiary/aromatic N) is 2. The molecule has 2 rings (SSSR count). The van der Waals surface area contributed by atoms with Gasteiger partial charge in [-0.25, -0.2) is 4.98 Å². The predicted octanol–water partition coefficient (Wildman–Crippen LogP) is 2.89. The average Bonchev–Trinajstić information content (AvgIpc) is 2.48. The molecular formula is C16H17FN2O2. The van der Waals surface area contributed by atoms with Gasteiger partial charge in [-0.15, -0.1) is 0 Å². The number of aromatic nitrogens is 1. The third-order valence-corrected chi connectivity index (χ3v) is 2.94. The van der Waals surface area contributed by atoms with Crippen molar-refractivity contribution in [2.45, 2.75) is 13.5 Å². The summed E-state index contributed by atoms with van der Waals surface area (Å²) in [4.78, 5) is 17.2. The van der Waals surface area contributed by atoms with E-state index in [1.165, 1.54) is 23.1 Å². The van der Waals surface area contributed by atoms with Gasteiger partial charge in [0.25, 0.3) is 5.91 Å². The molecule has 0 radical (unpaired) electrons. The molecule has 2 aromatic rings. The fourth-order valence-electron chi connectivity index (χ4n) is 1.93. The first-order valence-corrected chi connectivity index (χ1v) is 6.70. The van der Waals surface area contributed by atoms with Crippen molar-refractivity contribution in [1.29, 1.82) is 0 Å². The van der Waals surface area contributed by atoms with E-state index in [9.17, 15) is 9.18 Å². The Morgan fingerprint density at radius 3 is 2.57 bits per heavy atom. The maximum atomic E-state index is 13.0. The van der Waals surface area contributed by atoms with Crippen molar-refractivity contribution < 1.29 is 13.9 Å². The number of rotatable bonds is 5. The molecule has 0 bridgehead atoms. The van der Waals surface area contributed by atoms with Crippen LogP contribution in [0.4, 0.5) is 4.39 Å². The molecule has 110 valence electrons. The zero-order chi connectivity index (χ0) is 15.2. The summed E-state index contributed by atoms with van der Waals surface area (Å²) < 4.78 is 18.4. The van der Waals surface area contributed by atoms with Gasteiger partial charge in [0.1, 0.15) is 11.4 Å². The molecule has 0 saturated heterocycles. The van der Waals surface area contributed by atoms with Gasteiger partial charge in [-0.05, 0) is 36.8 Å². The third kappa shape index (κ3) is 4.02. The van der Waals surface area contributed by atoms with Crippen LogP contribution in [0.3, 0.4) is 0 Å². The topological polar surface area (TPSA) is 42.4 Å². The van der Waals surface area contributed by atoms with Crippen LogP contribution in [0.25, 0.3) is 0 Å². The summed E-state index contributed by atoms with van der Waals surface area (Å²) in [6.45, 7) is 2.96. The lowest BCUT2D eigenvalue weighted by atomic mass is 10.2. The monoisotopic (exact) mass is 288 g/mol. The van der Waals surface area contributed by atoms with Crippen LogP contribution in [0, 0.1) is 5.95 Å². The van der Waals surface area contributed by atoms with E-state index >= 15 is 0 Å². The standard InChI is InChI=1S/C16H17FN2O2/c1-3-21-13-9-7-12(8-10-13)11-19(2)16(20)14-5-4-6-15(17)18-14/h4-10H,3,11H2,1-2H3. The van der Waals surface area contributed by atoms with E-state index in [-0.39, 0.29) is 11.6 Å². The Bertz CT molecular complexity index is 614. The van der Waals surface area contributed by atoms with Gasteiger partial charge in [0.05, 0.1) is 6.61 Å². The van der Waals surface area contributed by atoms with Gasteiger partial charge in [0.2, 0.25) is 5.95 Å². The van der Waals surface area contributed by atoms with Crippen LogP contribution >= 0.6 is 0 Å². The first-order chi connectivity index (χ1) is 10.1. The van der Waals surface area contributed by atoms with Gasteiger partial charge in [0.15, 0.2) is 0 Å². The first kappa shape index (κ1) is 15.0. The maximum Gasteiger partial charge on any atom is 0.272 e. The Balaban J connectivity index is 2.03. The highest BCUT2D eigenvalue weighted by molar-refractivity contribution is 5.92. The smallest absolute Gasteiger partial charge is 0.272 e. The molecule has 0 unspecified atom stereocenters. The number of hydrogen-bond donors (Lipinski definition) is 0. The van der Waals surface area contributed by atoms with E-state index in [0.717, 1.165) is 11.3 Å². The zero-order valence-corrected chi connectivity index (χ0v) is 12.0. The van der Waals surface area contributed by atoms with Crippen LogP contribution in [0.5, 0.6) is 5.75 Å². The number of carbonyl (C=O) groups is 1. The molecule has 1 aromatic heterocycles. The summed E-state index contributed by atoms with van der Waals surface area (Å²) in [6.07, 6.45) is 0. The molecule has 0 N–H and O–H groups in total. The number of hydrogen-bond acceptors (Lipinski definition) is 3. The van der Waals surface area contributed by atoms with Crippen LogP contribution in [-0.4, -0.2) is 29.4 Å². The zero-order valence-electron chi connectivity index (χ0n) is 12.0. The number of halogens is 1. The minimum absolute atomic E-state index is 0.100. The van der Waals surface area contributed by atoms with E-state index in [2.05, 4.69) is 4.98 Å². The van der Waals surface area contributed by atoms with Crippen LogP contribution in [0.1, 0.15) is 23.0 Å². The van der Waals surface area contributed by atoms with Crippen molar-refractivity contribution in [2.24, 2.45) is 0 Å². The lowest BCUT2D eigenvalue weighted by Gasteiger charge is -2.17. The third-order valence-electron chi connectivity index (χ3n) is 2.94. The van der Waals surface area contributed by atoms with Crippen LogP contribution < -0.4 is 4.74 Å². The van der Waals surface area contributed by atoms with E-state index < -0.39 is 5.95 Å². The molecule has 0 aliphatic carbocycles. The fourth-order valence-corrected chi connectivity index (χ4v) is 1.93. The maximum absolute atomic E-state index is 13.0. The van der Waals surface area contributed by atoms with Crippen molar-refractivity contribution in [3.8, 4) is 5.75 Å². The van der Waals surface area contributed by atoms with Gasteiger partial charge < -0.3 is 9.64 Å². The largest absolute Gasteiger partial charge is 0.494 e. The minimum atomic E-state index is -0.657. The summed E-state index contributed by atoms with van der Waals surface area (Å²) in [5, 5.41) is 0. The molecular weight excluding hydrogens is 271 g/mol. The molecule has 0 aliphatic rings. The summed E-state index contributed by atoms with van der Waals surface area (Å²) in [6, 6.07) is 11.7. The predicted molar refractivity (Wildman–Crippen MR) is 77.6 cm³/mol. The summed E-state index contributed by atoms with van der Waals surface area (Å²) in [7, 11) is 1.66. The molecule has 5 heteroatoms. The molecule has 1 heterocycles. The van der Waals surface area contributed by atoms with Crippen LogP contribution in [0.2, 0.25) is 0 Å². The Morgan fingerprint density at radius 2 is 1.95 bits per heavy atom. The molecule has 0 aliphatic heterocycles. The van der Waals surface area contributed by atoms with Gasteiger partial charge in [-0.3, -0.25) is 4.79 Å². The van der Waals surface area contributed by atoms with E-state index in [0.29, 0.717) is 13.2 Å². The summed E-state index contributed by atoms with van der Waals surface area (Å²) >= 11 is 0. The van der Waals surface area contributed by atoms with Crippen molar-refractivity contribution in [3.05, 3.63) is 59.7 Å². The molecule has 1 aromatic carbocycles. The second kappa shape index (κ2) is 6.83. The average molecular weight is 288 g/mol. The highest BCUT2D eigenvalue weighted by Gasteiger charge is 2.14. The number of ether oxygens (including phenoxy) is 1. The van der Waals surface area contributed by atoms with Gasteiger partial charge in [-0.2, -0.15) is 4.39 Å². The van der Waals surface area contributed by atoms with Gasteiger partial charge in [-0.1, -0.05) is 18.2 Å². The number of pyridine rings is 1. The van der Waals surface area contributed by atoms with Crippen LogP contribution in [-0.2, 0) is 6.54 Å². The highest BCUT2D eigenvalue weighted by atomic mass is 19.1. The Labute approximate surface area is 123 Å². The number of benzene rings is 1. The Hall–Kier alpha value is -2.43. The van der Waals surface area contributed by atoms with Gasteiger partial charge >= 0.3 is 0 Å². The van der Waals surface area contributed by atoms with Crippen molar-refractivity contribution >= 4 is 5.91 Å². The lowest BCUT2D eigenvalue weighted by molar-refractivity contribution is 0.0778. The van der Waals surface area contributed by atoms with Gasteiger partial charge in [0, 0.05) is 13.6 Å². The van der Waals surface area contributed by atoms with Crippen LogP contribution in [0.15, 0.2) is 42.5 Å². The summed E-state index contributed by atoms with van der Waals surface area (Å²) in [5.41, 5.74) is 1.06. The SMILES string of the molecule is CCOc1ccc(CN(C)C(=O)c2cccc(F)n2)cc1. The second-order valence-corrected chi connectivity index (χ2v) is 4.58. The van der Waals surface area contributed by atoms with E-state index in [1.807, 2.05) is 31.2 Å². The lowest BCUT2D eigenvalue weighted by Crippen LogP contribution is -2.27. The van der Waals surface area contributed by atoms with E-state index in [4.69, 9.17) is 4.74 Å². The number of carbonyl (C=O) groups excluding carboxylic acids is 1. The molecule has 0 saturated carbocycles. The molecule has 1 amide bonds. The molecule has 0 spiro atoms. The molecule has 21 heavy (non-hydrogen) atoms. The van der Waals surface area contributed by atoms with Crippen molar-refractivity contribution in [1.82, 2.24) is 9.88 Å². The fraction of sp³-hybridized carbons (Fsp3) is 0.250. The number of amides is 1. The Morgan fingerprint density at radius 1 is 1.24 bits per heavy atom. The quantitative estimate of drug-likeness (QED) is 0.794. The second-order valence-electron chi connectivity index (χ2n) is 4.58. The summed E-state index contributed by atoms with van der Waals surface area (Å²) in [5.74, 6) is -0.180. The molecule has 4 nitrogen and oxygen atoms in total. The normalized spacial score (nSPS) is 10.2. The van der Waals surface area contributed by atoms with Crippen molar-refractivity contribution in [2.75, 3.05) is 13.7 Å². The molecule has 0 fully saturated rings.